The SMILES string of the molecule is COc1ccc(C(=O)Nc2c(C)noc2C)cc1. The molecule has 0 aliphatic carbocycles. The van der Waals surface area contributed by atoms with E-state index in [0.717, 1.165) is 0 Å². The van der Waals surface area contributed by atoms with Gasteiger partial charge in [-0.05, 0) is 38.1 Å². The second kappa shape index (κ2) is 4.91. The molecule has 18 heavy (non-hydrogen) atoms. The van der Waals surface area contributed by atoms with Gasteiger partial charge in [0, 0.05) is 5.56 Å². The Morgan fingerprint density at radius 2 is 1.94 bits per heavy atom. The first-order valence-electron chi connectivity index (χ1n) is 5.50. The van der Waals surface area contributed by atoms with Gasteiger partial charge in [0.1, 0.15) is 17.1 Å². The van der Waals surface area contributed by atoms with Gasteiger partial charge in [-0.2, -0.15) is 0 Å². The molecule has 0 saturated heterocycles. The van der Waals surface area contributed by atoms with Gasteiger partial charge >= 0.3 is 0 Å². The van der Waals surface area contributed by atoms with Crippen molar-refractivity contribution in [3.05, 3.63) is 41.3 Å². The third-order valence-electron chi connectivity index (χ3n) is 2.62. The van der Waals surface area contributed by atoms with E-state index < -0.39 is 0 Å². The van der Waals surface area contributed by atoms with E-state index in [0.29, 0.717) is 28.5 Å². The van der Waals surface area contributed by atoms with Crippen LogP contribution in [0.2, 0.25) is 0 Å². The van der Waals surface area contributed by atoms with Crippen LogP contribution in [0.15, 0.2) is 28.8 Å². The average Bonchev–Trinajstić information content (AvgIpc) is 2.70. The third-order valence-corrected chi connectivity index (χ3v) is 2.62. The second-order valence-electron chi connectivity index (χ2n) is 3.88. The number of hydrogen-bond acceptors (Lipinski definition) is 4. The van der Waals surface area contributed by atoms with E-state index in [-0.39, 0.29) is 5.91 Å². The minimum absolute atomic E-state index is 0.202. The Hall–Kier alpha value is -2.30. The maximum absolute atomic E-state index is 12.0. The number of nitrogens with zero attached hydrogens (tertiary/aromatic N) is 1. The molecule has 5 heteroatoms. The average molecular weight is 246 g/mol. The van der Waals surface area contributed by atoms with Crippen molar-refractivity contribution in [3.63, 3.8) is 0 Å². The Kier molecular flexibility index (Phi) is 3.32. The smallest absolute Gasteiger partial charge is 0.255 e. The number of benzene rings is 1. The maximum Gasteiger partial charge on any atom is 0.255 e. The number of amides is 1. The fraction of sp³-hybridized carbons (Fsp3) is 0.231. The van der Waals surface area contributed by atoms with Gasteiger partial charge in [-0.3, -0.25) is 4.79 Å². The van der Waals surface area contributed by atoms with Crippen molar-refractivity contribution in [1.29, 1.82) is 0 Å². The van der Waals surface area contributed by atoms with Gasteiger partial charge in [0.05, 0.1) is 7.11 Å². The first kappa shape index (κ1) is 12.2. The zero-order chi connectivity index (χ0) is 13.1. The van der Waals surface area contributed by atoms with Gasteiger partial charge in [0.15, 0.2) is 5.76 Å². The molecule has 2 rings (SSSR count). The van der Waals surface area contributed by atoms with Crippen molar-refractivity contribution >= 4 is 11.6 Å². The molecular formula is C13H14N2O3. The lowest BCUT2D eigenvalue weighted by molar-refractivity contribution is 0.102. The second-order valence-corrected chi connectivity index (χ2v) is 3.88. The van der Waals surface area contributed by atoms with E-state index in [1.807, 2.05) is 0 Å². The number of carbonyl (C=O) groups excluding carboxylic acids is 1. The molecule has 0 aliphatic heterocycles. The van der Waals surface area contributed by atoms with Crippen molar-refractivity contribution in [2.75, 3.05) is 12.4 Å². The van der Waals surface area contributed by atoms with E-state index in [4.69, 9.17) is 9.26 Å². The summed E-state index contributed by atoms with van der Waals surface area (Å²) in [6.07, 6.45) is 0. The van der Waals surface area contributed by atoms with Gasteiger partial charge in [-0.25, -0.2) is 0 Å². The highest BCUT2D eigenvalue weighted by molar-refractivity contribution is 6.04. The summed E-state index contributed by atoms with van der Waals surface area (Å²) < 4.78 is 10.0. The zero-order valence-corrected chi connectivity index (χ0v) is 10.5. The van der Waals surface area contributed by atoms with Crippen molar-refractivity contribution in [3.8, 4) is 5.75 Å². The number of aryl methyl sites for hydroxylation is 2. The lowest BCUT2D eigenvalue weighted by atomic mass is 10.2. The highest BCUT2D eigenvalue weighted by atomic mass is 16.5. The summed E-state index contributed by atoms with van der Waals surface area (Å²) in [6, 6.07) is 6.88. The molecule has 0 saturated carbocycles. The molecule has 94 valence electrons. The van der Waals surface area contributed by atoms with Crippen LogP contribution < -0.4 is 10.1 Å². The summed E-state index contributed by atoms with van der Waals surface area (Å²) in [4.78, 5) is 12.0. The summed E-state index contributed by atoms with van der Waals surface area (Å²) >= 11 is 0. The van der Waals surface area contributed by atoms with Crippen LogP contribution in [-0.2, 0) is 0 Å². The van der Waals surface area contributed by atoms with Crippen LogP contribution in [-0.4, -0.2) is 18.2 Å². The summed E-state index contributed by atoms with van der Waals surface area (Å²) in [5.74, 6) is 1.10. The van der Waals surface area contributed by atoms with Crippen LogP contribution in [0.1, 0.15) is 21.8 Å². The number of rotatable bonds is 3. The van der Waals surface area contributed by atoms with E-state index in [1.165, 1.54) is 0 Å². The van der Waals surface area contributed by atoms with Crippen molar-refractivity contribution in [2.24, 2.45) is 0 Å². The van der Waals surface area contributed by atoms with Gasteiger partial charge in [-0.15, -0.1) is 0 Å². The molecule has 0 unspecified atom stereocenters. The van der Waals surface area contributed by atoms with E-state index >= 15 is 0 Å². The molecule has 0 aliphatic rings. The summed E-state index contributed by atoms with van der Waals surface area (Å²) in [7, 11) is 1.58. The number of anilines is 1. The quantitative estimate of drug-likeness (QED) is 0.903. The van der Waals surface area contributed by atoms with Crippen molar-refractivity contribution in [2.45, 2.75) is 13.8 Å². The molecular weight excluding hydrogens is 232 g/mol. The molecule has 0 spiro atoms. The molecule has 1 aromatic carbocycles. The third kappa shape index (κ3) is 2.34. The standard InChI is InChI=1S/C13H14N2O3/c1-8-12(9(2)18-15-8)14-13(16)10-4-6-11(17-3)7-5-10/h4-7H,1-3H3,(H,14,16). The Morgan fingerprint density at radius 1 is 1.28 bits per heavy atom. The number of methoxy groups -OCH3 is 1. The van der Waals surface area contributed by atoms with Gasteiger partial charge in [-0.1, -0.05) is 5.16 Å². The van der Waals surface area contributed by atoms with Crippen molar-refractivity contribution < 1.29 is 14.1 Å². The Bertz CT molecular complexity index is 539. The maximum atomic E-state index is 12.0. The van der Waals surface area contributed by atoms with E-state index in [2.05, 4.69) is 10.5 Å². The van der Waals surface area contributed by atoms with Crippen LogP contribution in [0.3, 0.4) is 0 Å². The Morgan fingerprint density at radius 3 is 2.44 bits per heavy atom. The van der Waals surface area contributed by atoms with Gasteiger partial charge in [0.25, 0.3) is 5.91 Å². The van der Waals surface area contributed by atoms with Crippen LogP contribution in [0.25, 0.3) is 0 Å². The molecule has 0 radical (unpaired) electrons. The van der Waals surface area contributed by atoms with E-state index in [1.54, 1.807) is 45.2 Å². The summed E-state index contributed by atoms with van der Waals surface area (Å²) in [5.41, 5.74) is 1.83. The van der Waals surface area contributed by atoms with Gasteiger partial charge < -0.3 is 14.6 Å². The van der Waals surface area contributed by atoms with Crippen LogP contribution in [0.5, 0.6) is 5.75 Å². The fourth-order valence-electron chi connectivity index (χ4n) is 1.59. The molecule has 1 N–H and O–H groups in total. The van der Waals surface area contributed by atoms with Crippen LogP contribution >= 0.6 is 0 Å². The molecule has 1 aromatic heterocycles. The number of nitrogens with one attached hydrogen (secondary N) is 1. The number of hydrogen-bond donors (Lipinski definition) is 1. The largest absolute Gasteiger partial charge is 0.497 e. The highest BCUT2D eigenvalue weighted by Crippen LogP contribution is 2.20. The normalized spacial score (nSPS) is 10.2. The molecule has 5 nitrogen and oxygen atoms in total. The van der Waals surface area contributed by atoms with Crippen molar-refractivity contribution in [1.82, 2.24) is 5.16 Å². The first-order chi connectivity index (χ1) is 8.61. The number of aromatic nitrogens is 1. The molecule has 1 amide bonds. The molecule has 0 fully saturated rings. The molecule has 0 bridgehead atoms. The van der Waals surface area contributed by atoms with Crippen LogP contribution in [0, 0.1) is 13.8 Å². The summed E-state index contributed by atoms with van der Waals surface area (Å²) in [6.45, 7) is 3.53. The first-order valence-corrected chi connectivity index (χ1v) is 5.50. The van der Waals surface area contributed by atoms with Crippen LogP contribution in [0.4, 0.5) is 5.69 Å². The Balaban J connectivity index is 2.17. The topological polar surface area (TPSA) is 64.4 Å². The lowest BCUT2D eigenvalue weighted by Gasteiger charge is -2.05. The zero-order valence-electron chi connectivity index (χ0n) is 10.5. The van der Waals surface area contributed by atoms with Gasteiger partial charge in [0.2, 0.25) is 0 Å². The summed E-state index contributed by atoms with van der Waals surface area (Å²) in [5, 5.41) is 6.56. The highest BCUT2D eigenvalue weighted by Gasteiger charge is 2.13. The fourth-order valence-corrected chi connectivity index (χ4v) is 1.59. The number of carbonyl (C=O) groups is 1. The predicted molar refractivity (Wildman–Crippen MR) is 66.9 cm³/mol. The molecule has 2 aromatic rings. The molecule has 1 heterocycles. The predicted octanol–water partition coefficient (Wildman–Crippen LogP) is 2.55. The lowest BCUT2D eigenvalue weighted by Crippen LogP contribution is -2.12. The minimum atomic E-state index is -0.202. The number of ether oxygens (including phenoxy) is 1. The molecule has 0 atom stereocenters. The van der Waals surface area contributed by atoms with E-state index in [9.17, 15) is 4.79 Å². The Labute approximate surface area is 105 Å². The monoisotopic (exact) mass is 246 g/mol. The minimum Gasteiger partial charge on any atom is -0.497 e.